The summed E-state index contributed by atoms with van der Waals surface area (Å²) in [6.45, 7) is 46.6. The number of carbonyl (C=O) groups is 6. The van der Waals surface area contributed by atoms with Crippen LogP contribution in [-0.2, 0) is 60.5 Å². The number of benzene rings is 3. The Balaban J connectivity index is 0.000000516. The molecule has 11 fully saturated rings. The van der Waals surface area contributed by atoms with Gasteiger partial charge < -0.3 is 87.8 Å². The van der Waals surface area contributed by atoms with E-state index in [2.05, 4.69) is 146 Å². The SMILES string of the molecule is CC(C)(C)OC(=O)N1CC(C#N)(CCCCl)C1.CC(C)(C)OC(=O)N1CC(C#N)(CCCI)C1.CC(C)(C)OC(=O)N1CC(C#N)C1.CC(C)(C)OC(=O)N1CC2(CCCC2=O)C1.CC(C)(C)OC(=O)N1CC2(CCCC2NCc2ccccc2)C1.Cl.ClCCCBr.NC1CCCC12CNC2.NCc1ccccc1.[CH2-]CCC.[Cl][Ti]([Cl])([Cl])[Cl].[Li+].c1ccc(CNC2CCCC23CNC3)cc1. The number of ketones is 1. The first-order valence-corrected chi connectivity index (χ1v) is 59.5. The third-order valence-electron chi connectivity index (χ3n) is 24.2. The molecule has 36 heteroatoms. The van der Waals surface area contributed by atoms with Gasteiger partial charge in [0.15, 0.2) is 0 Å². The number of alkyl halides is 4. The smallest absolute Gasteiger partial charge is 0.315 e. The molecule has 7 aliphatic heterocycles. The molecule has 7 saturated heterocycles. The largest absolute Gasteiger partial charge is 1.00 e. The van der Waals surface area contributed by atoms with Gasteiger partial charge >= 0.3 is 98.9 Å². The van der Waals surface area contributed by atoms with E-state index in [1.54, 1.807) is 19.6 Å². The number of nitrogens with zero attached hydrogens (tertiary/aromatic N) is 8. The van der Waals surface area contributed by atoms with Crippen LogP contribution in [0.5, 0.6) is 0 Å². The van der Waals surface area contributed by atoms with Crippen molar-refractivity contribution in [3.63, 3.8) is 0 Å². The van der Waals surface area contributed by atoms with Crippen LogP contribution in [0.4, 0.5) is 24.0 Å². The van der Waals surface area contributed by atoms with E-state index in [1.807, 2.05) is 145 Å². The fraction of sp³-hybridized carbons (Fsp3) is 0.717. The minimum absolute atomic E-state index is 0. The first kappa shape index (κ1) is 128. The van der Waals surface area contributed by atoms with Gasteiger partial charge in [-0.1, -0.05) is 162 Å². The summed E-state index contributed by atoms with van der Waals surface area (Å²) in [7, 11) is 20.1. The van der Waals surface area contributed by atoms with E-state index in [1.165, 1.54) is 107 Å². The molecule has 4 aliphatic carbocycles. The molecule has 3 aromatic rings. The Kier molecular flexibility index (Phi) is 57.5. The molecule has 5 amide bonds. The number of nitriles is 3. The second kappa shape index (κ2) is 60.9. The van der Waals surface area contributed by atoms with E-state index in [0.717, 1.165) is 99.2 Å². The fourth-order valence-electron chi connectivity index (χ4n) is 16.9. The molecule has 4 saturated carbocycles. The molecule has 0 radical (unpaired) electrons. The number of nitrogens with one attached hydrogen (secondary N) is 4. The van der Waals surface area contributed by atoms with E-state index < -0.39 is 45.8 Å². The molecule has 135 heavy (non-hydrogen) atoms. The normalized spacial score (nSPS) is 20.3. The van der Waals surface area contributed by atoms with Gasteiger partial charge in [0.2, 0.25) is 0 Å². The molecular formula is C99H158BrCl7ILiN14O11Ti. The Hall–Kier alpha value is -3.54. The van der Waals surface area contributed by atoms with Gasteiger partial charge in [-0.05, 0) is 208 Å². The number of nitrogens with two attached hydrogens (primary N) is 2. The first-order valence-electron chi connectivity index (χ1n) is 47.1. The molecule has 25 nitrogen and oxygen atoms in total. The molecule has 8 N–H and O–H groups in total. The zero-order chi connectivity index (χ0) is 99.8. The Labute approximate surface area is 879 Å². The molecule has 0 aromatic heterocycles. The van der Waals surface area contributed by atoms with Gasteiger partial charge in [-0.2, -0.15) is 22.2 Å². The van der Waals surface area contributed by atoms with Crippen molar-refractivity contribution in [2.45, 2.75) is 299 Å². The summed E-state index contributed by atoms with van der Waals surface area (Å²) in [6.07, 6.45) is 19.7. The van der Waals surface area contributed by atoms with Gasteiger partial charge in [0.25, 0.3) is 0 Å². The van der Waals surface area contributed by atoms with E-state index in [0.29, 0.717) is 99.9 Å². The number of hydrogen-bond acceptors (Lipinski definition) is 20. The standard InChI is InChI=1S/C19H28N2O2.C14H20N2.C12H19ClN2O2.C12H19IN2O2.C12H19NO3.C9H14N2O2.C7H14N2.C7H9N.C4H9.C3H6BrCl.5ClH.Li.Ti/c1-18(2,3)23-17(22)21-13-19(14-21)11-7-10-16(19)20-12-15-8-5-4-6-9-15;1-2-5-12(6-3-1)9-16-13-7-4-8-14(13)10-15-11-14;2*1-11(2,3)17-10(16)15-8-12(7-14,9-15)5-4-6-13;1-11(2,3)16-10(15)13-7-12(8-13)6-4-5-9(12)14;1-9(2,3)13-8(12)11-5-7(4-10)6-11;8-6-2-1-3-7(6)4-9-5-7;8-6-7-4-2-1-3-5-7;1-3-4-2;4-2-1-3-5;;;;;;;/h4-6,8-9,16,20H,7,10-14H2,1-3H3;1-3,5-6,13,15-16H,4,7-11H2;2*4-6,8-9H2,1-3H3;4-8H2,1-3H3;7H,5-6H2,1-3H3;6,9H,1-5,8H2;1-5H,6,8H2;1,3-4H2,2H3;1-3H2;5*1H;;/q;;;;;;;;-1;;;;;;;+1;+4/p-4. The van der Waals surface area contributed by atoms with Crippen molar-refractivity contribution in [1.82, 2.24) is 45.8 Å². The molecular weight excluding hydrogens is 2070 g/mol. The average Bonchev–Trinajstić information content (AvgIpc) is 1.63. The van der Waals surface area contributed by atoms with Crippen molar-refractivity contribution in [3.8, 4) is 18.2 Å². The summed E-state index contributed by atoms with van der Waals surface area (Å²) < 4.78 is 27.4. The minimum Gasteiger partial charge on any atom is -0.315 e. The maximum atomic E-state index is 12.2. The van der Waals surface area contributed by atoms with Crippen LogP contribution in [0.15, 0.2) is 91.0 Å². The van der Waals surface area contributed by atoms with Crippen LogP contribution in [-0.4, -0.2) is 220 Å². The van der Waals surface area contributed by atoms with Crippen LogP contribution in [0.25, 0.3) is 0 Å². The van der Waals surface area contributed by atoms with Crippen LogP contribution in [0.3, 0.4) is 0 Å². The Morgan fingerprint density at radius 3 is 1.13 bits per heavy atom. The number of hydrogen-bond donors (Lipinski definition) is 6. The van der Waals surface area contributed by atoms with Gasteiger partial charge in [-0.25, -0.2) is 24.0 Å². The number of amides is 5. The zero-order valence-electron chi connectivity index (χ0n) is 83.6. The second-order valence-electron chi connectivity index (χ2n) is 41.6. The van der Waals surface area contributed by atoms with Crippen molar-refractivity contribution in [1.29, 1.82) is 15.8 Å². The van der Waals surface area contributed by atoms with Crippen LogP contribution < -0.4 is 51.6 Å². The van der Waals surface area contributed by atoms with E-state index in [9.17, 15) is 28.8 Å². The van der Waals surface area contributed by atoms with Gasteiger partial charge in [-0.15, -0.1) is 35.6 Å². The van der Waals surface area contributed by atoms with Crippen LogP contribution in [0.2, 0.25) is 0 Å². The summed E-state index contributed by atoms with van der Waals surface area (Å²) in [5.74, 6) is 1.64. The van der Waals surface area contributed by atoms with E-state index >= 15 is 0 Å². The third kappa shape index (κ3) is 46.8. The molecule has 0 bridgehead atoms. The average molecular weight is 2230 g/mol. The number of likely N-dealkylation sites (tertiary alicyclic amines) is 5. The molecule has 3 aromatic carbocycles. The van der Waals surface area contributed by atoms with E-state index in [-0.39, 0.29) is 83.9 Å². The topological polar surface area (TPSA) is 336 Å². The van der Waals surface area contributed by atoms with Crippen molar-refractivity contribution in [2.75, 3.05) is 113 Å². The maximum Gasteiger partial charge on any atom is 1.00 e. The predicted octanol–water partition coefficient (Wildman–Crippen LogP) is 19.6. The fourth-order valence-corrected chi connectivity index (χ4v) is 18.1. The number of carbonyl (C=O) groups excluding carboxylic acids is 6. The number of rotatable bonds is 16. The van der Waals surface area contributed by atoms with Crippen LogP contribution in [0.1, 0.15) is 249 Å². The van der Waals surface area contributed by atoms with Gasteiger partial charge in [0.05, 0.1) is 40.4 Å². The van der Waals surface area contributed by atoms with Crippen molar-refractivity contribution in [2.24, 2.45) is 49.9 Å². The van der Waals surface area contributed by atoms with Crippen LogP contribution in [0, 0.1) is 79.3 Å². The monoisotopic (exact) mass is 2220 g/mol. The second-order valence-corrected chi connectivity index (χ2v) is 59.7. The Bertz CT molecular complexity index is 4010. The Morgan fingerprint density at radius 2 is 0.859 bits per heavy atom. The van der Waals surface area contributed by atoms with Crippen molar-refractivity contribution in [3.05, 3.63) is 115 Å². The number of unbranched alkanes of at least 4 members (excludes halogenated alkanes) is 1. The molecule has 7 heterocycles. The quantitative estimate of drug-likeness (QED) is 0.0255. The number of ether oxygens (including phenoxy) is 5. The molecule has 3 atom stereocenters. The summed E-state index contributed by atoms with van der Waals surface area (Å²) in [5, 5.41) is 42.0. The van der Waals surface area contributed by atoms with E-state index in [4.69, 9.17) is 111 Å². The van der Waals surface area contributed by atoms with Crippen molar-refractivity contribution < 1.29 is 83.7 Å². The molecule has 14 rings (SSSR count). The van der Waals surface area contributed by atoms with Crippen molar-refractivity contribution >= 4 is 148 Å². The number of Topliss-reactive ketones (excluding diaryl/α,β-unsaturated/α-hetero) is 1. The molecule has 3 unspecified atom stereocenters. The Morgan fingerprint density at radius 1 is 0.526 bits per heavy atom. The van der Waals surface area contributed by atoms with Gasteiger partial charge in [0.1, 0.15) is 33.8 Å². The molecule has 758 valence electrons. The maximum absolute atomic E-state index is 12.2. The van der Waals surface area contributed by atoms with Crippen LogP contribution >= 0.6 is 111 Å². The first-order chi connectivity index (χ1) is 62.2. The zero-order valence-corrected chi connectivity index (χ0v) is 94.3. The summed E-state index contributed by atoms with van der Waals surface area (Å²) in [4.78, 5) is 78.4. The molecule has 11 aliphatic rings. The number of halogens is 9. The third-order valence-corrected chi connectivity index (χ3v) is 26.0. The molecule has 4 spiro atoms. The minimum atomic E-state index is -3.11. The van der Waals surface area contributed by atoms with Gasteiger partial charge in [-0.3, -0.25) is 4.79 Å². The van der Waals surface area contributed by atoms with Gasteiger partial charge in [0, 0.05) is 169 Å². The summed E-state index contributed by atoms with van der Waals surface area (Å²) in [6, 6.07) is 39.7. The summed E-state index contributed by atoms with van der Waals surface area (Å²) >= 11 is 13.3. The summed E-state index contributed by atoms with van der Waals surface area (Å²) in [5.41, 5.74) is 13.3. The predicted molar refractivity (Wildman–Crippen MR) is 555 cm³/mol.